The number of amides is 1. The number of esters is 1. The highest BCUT2D eigenvalue weighted by Gasteiger charge is 2.17. The van der Waals surface area contributed by atoms with Crippen LogP contribution in [0.25, 0.3) is 0 Å². The Morgan fingerprint density at radius 2 is 1.72 bits per heavy atom. The van der Waals surface area contributed by atoms with Crippen molar-refractivity contribution in [2.24, 2.45) is 0 Å². The molecule has 5 nitrogen and oxygen atoms in total. The lowest BCUT2D eigenvalue weighted by molar-refractivity contribution is -0.146. The summed E-state index contributed by atoms with van der Waals surface area (Å²) in [5.41, 5.74) is 2.46. The fourth-order valence-corrected chi connectivity index (χ4v) is 2.30. The first-order valence-corrected chi connectivity index (χ1v) is 8.25. The molecule has 0 heterocycles. The summed E-state index contributed by atoms with van der Waals surface area (Å²) in [4.78, 5) is 24.1. The van der Waals surface area contributed by atoms with E-state index in [-0.39, 0.29) is 17.6 Å². The average molecular weight is 356 g/mol. The predicted octanol–water partition coefficient (Wildman–Crippen LogP) is 2.73. The predicted molar refractivity (Wildman–Crippen MR) is 100 cm³/mol. The van der Waals surface area contributed by atoms with Crippen molar-refractivity contribution in [3.63, 3.8) is 0 Å². The minimum absolute atomic E-state index is 0.0785. The van der Waals surface area contributed by atoms with E-state index in [1.54, 1.807) is 19.1 Å². The second kappa shape index (κ2) is 8.94. The summed E-state index contributed by atoms with van der Waals surface area (Å²) in [6.07, 6.45) is 0. The van der Waals surface area contributed by atoms with E-state index in [0.717, 1.165) is 11.1 Å². The lowest BCUT2D eigenvalue weighted by Gasteiger charge is -2.15. The molecular formula is C19H20N2O3S. The third-order valence-corrected chi connectivity index (χ3v) is 3.69. The number of benzene rings is 2. The Bertz CT molecular complexity index is 745. The Balaban J connectivity index is 1.79. The number of carbonyl (C=O) groups is 2. The molecule has 0 spiro atoms. The van der Waals surface area contributed by atoms with Crippen LogP contribution in [-0.2, 0) is 16.1 Å². The lowest BCUT2D eigenvalue weighted by Crippen LogP contribution is -2.46. The zero-order valence-electron chi connectivity index (χ0n) is 14.1. The number of ether oxygens (including phenoxy) is 1. The molecule has 0 saturated heterocycles. The molecule has 0 aliphatic heterocycles. The maximum Gasteiger partial charge on any atom is 0.328 e. The molecule has 0 bridgehead atoms. The molecule has 1 amide bonds. The Kier molecular flexibility index (Phi) is 6.65. The first-order valence-electron chi connectivity index (χ1n) is 7.85. The minimum atomic E-state index is -0.672. The van der Waals surface area contributed by atoms with Gasteiger partial charge in [-0.25, -0.2) is 4.79 Å². The van der Waals surface area contributed by atoms with E-state index in [4.69, 9.17) is 17.0 Å². The van der Waals surface area contributed by atoms with Gasteiger partial charge in [0, 0.05) is 5.56 Å². The van der Waals surface area contributed by atoms with Crippen LogP contribution >= 0.6 is 12.2 Å². The smallest absolute Gasteiger partial charge is 0.328 e. The fraction of sp³-hybridized carbons (Fsp3) is 0.211. The monoisotopic (exact) mass is 356 g/mol. The second-order valence-corrected chi connectivity index (χ2v) is 6.02. The van der Waals surface area contributed by atoms with E-state index < -0.39 is 12.0 Å². The van der Waals surface area contributed by atoms with Gasteiger partial charge in [-0.15, -0.1) is 0 Å². The molecule has 0 unspecified atom stereocenters. The van der Waals surface area contributed by atoms with Crippen LogP contribution in [0, 0.1) is 6.92 Å². The summed E-state index contributed by atoms with van der Waals surface area (Å²) < 4.78 is 5.22. The van der Waals surface area contributed by atoms with Gasteiger partial charge in [0.15, 0.2) is 5.11 Å². The summed E-state index contributed by atoms with van der Waals surface area (Å²) in [6, 6.07) is 15.8. The average Bonchev–Trinajstić information content (AvgIpc) is 2.60. The topological polar surface area (TPSA) is 67.4 Å². The molecule has 25 heavy (non-hydrogen) atoms. The van der Waals surface area contributed by atoms with Gasteiger partial charge in [0.2, 0.25) is 0 Å². The summed E-state index contributed by atoms with van der Waals surface area (Å²) in [6.45, 7) is 3.75. The Labute approximate surface area is 152 Å². The van der Waals surface area contributed by atoms with Gasteiger partial charge < -0.3 is 10.1 Å². The highest BCUT2D eigenvalue weighted by molar-refractivity contribution is 7.80. The highest BCUT2D eigenvalue weighted by atomic mass is 32.1. The van der Waals surface area contributed by atoms with Crippen molar-refractivity contribution < 1.29 is 14.3 Å². The molecule has 0 aliphatic rings. The van der Waals surface area contributed by atoms with Gasteiger partial charge in [0.05, 0.1) is 0 Å². The largest absolute Gasteiger partial charge is 0.459 e. The van der Waals surface area contributed by atoms with Gasteiger partial charge in [0.1, 0.15) is 12.6 Å². The SMILES string of the molecule is Cc1ccc(C(=O)NC(=S)N[C@H](C)C(=O)OCc2ccccc2)cc1. The number of nitrogens with one attached hydrogen (secondary N) is 2. The summed E-state index contributed by atoms with van der Waals surface area (Å²) in [5, 5.41) is 5.38. The van der Waals surface area contributed by atoms with Gasteiger partial charge in [-0.1, -0.05) is 48.0 Å². The number of hydrogen-bond acceptors (Lipinski definition) is 4. The van der Waals surface area contributed by atoms with Gasteiger partial charge in [-0.3, -0.25) is 10.1 Å². The zero-order valence-corrected chi connectivity index (χ0v) is 14.9. The molecule has 0 aliphatic carbocycles. The molecule has 1 atom stereocenters. The van der Waals surface area contributed by atoms with Crippen LogP contribution in [0.15, 0.2) is 54.6 Å². The van der Waals surface area contributed by atoms with Crippen molar-refractivity contribution >= 4 is 29.2 Å². The number of aryl methyl sites for hydroxylation is 1. The van der Waals surface area contributed by atoms with E-state index in [0.29, 0.717) is 5.56 Å². The number of thiocarbonyl (C=S) groups is 1. The Hall–Kier alpha value is -2.73. The van der Waals surface area contributed by atoms with Gasteiger partial charge in [-0.2, -0.15) is 0 Å². The van der Waals surface area contributed by atoms with Crippen LogP contribution in [0.5, 0.6) is 0 Å². The molecule has 2 rings (SSSR count). The van der Waals surface area contributed by atoms with Gasteiger partial charge >= 0.3 is 5.97 Å². The molecule has 130 valence electrons. The van der Waals surface area contributed by atoms with E-state index in [9.17, 15) is 9.59 Å². The number of rotatable bonds is 5. The fourth-order valence-electron chi connectivity index (χ4n) is 2.03. The third kappa shape index (κ3) is 6.00. The molecule has 2 aromatic rings. The first kappa shape index (κ1) is 18.6. The number of carbonyl (C=O) groups excluding carboxylic acids is 2. The maximum absolute atomic E-state index is 12.1. The Morgan fingerprint density at radius 1 is 1.08 bits per heavy atom. The number of hydrogen-bond donors (Lipinski definition) is 2. The first-order chi connectivity index (χ1) is 12.0. The maximum atomic E-state index is 12.1. The van der Waals surface area contributed by atoms with E-state index in [2.05, 4.69) is 10.6 Å². The molecule has 0 radical (unpaired) electrons. The molecule has 0 fully saturated rings. The van der Waals surface area contributed by atoms with E-state index >= 15 is 0 Å². The van der Waals surface area contributed by atoms with E-state index in [1.165, 1.54) is 0 Å². The molecule has 2 aromatic carbocycles. The summed E-state index contributed by atoms with van der Waals surface area (Å²) in [5.74, 6) is -0.779. The van der Waals surface area contributed by atoms with Crippen LogP contribution in [0.4, 0.5) is 0 Å². The lowest BCUT2D eigenvalue weighted by atomic mass is 10.1. The van der Waals surface area contributed by atoms with Crippen LogP contribution in [0.1, 0.15) is 28.4 Å². The summed E-state index contributed by atoms with van der Waals surface area (Å²) in [7, 11) is 0. The molecule has 0 saturated carbocycles. The molecule has 2 N–H and O–H groups in total. The van der Waals surface area contributed by atoms with Crippen LogP contribution in [0.3, 0.4) is 0 Å². The quantitative estimate of drug-likeness (QED) is 0.637. The van der Waals surface area contributed by atoms with E-state index in [1.807, 2.05) is 49.4 Å². The van der Waals surface area contributed by atoms with Crippen molar-refractivity contribution in [1.29, 1.82) is 0 Å². The van der Waals surface area contributed by atoms with Crippen molar-refractivity contribution in [2.75, 3.05) is 0 Å². The van der Waals surface area contributed by atoms with Gasteiger partial charge in [0.25, 0.3) is 5.91 Å². The molecule has 0 aromatic heterocycles. The second-order valence-electron chi connectivity index (χ2n) is 5.61. The van der Waals surface area contributed by atoms with Crippen molar-refractivity contribution in [3.05, 3.63) is 71.3 Å². The van der Waals surface area contributed by atoms with Crippen molar-refractivity contribution in [3.8, 4) is 0 Å². The van der Waals surface area contributed by atoms with Crippen LogP contribution in [-0.4, -0.2) is 23.0 Å². The van der Waals surface area contributed by atoms with Crippen LogP contribution in [0.2, 0.25) is 0 Å². The van der Waals surface area contributed by atoms with Crippen molar-refractivity contribution in [1.82, 2.24) is 10.6 Å². The summed E-state index contributed by atoms with van der Waals surface area (Å²) >= 11 is 5.08. The Morgan fingerprint density at radius 3 is 2.36 bits per heavy atom. The van der Waals surface area contributed by atoms with Gasteiger partial charge in [-0.05, 0) is 43.8 Å². The standard InChI is InChI=1S/C19H20N2O3S/c1-13-8-10-16(11-9-13)17(22)21-19(25)20-14(2)18(23)24-12-15-6-4-3-5-7-15/h3-11,14H,12H2,1-2H3,(H2,20,21,22,25)/t14-/m1/s1. The normalized spacial score (nSPS) is 11.3. The highest BCUT2D eigenvalue weighted by Crippen LogP contribution is 2.03. The molecular weight excluding hydrogens is 336 g/mol. The van der Waals surface area contributed by atoms with Crippen LogP contribution < -0.4 is 10.6 Å². The third-order valence-electron chi connectivity index (χ3n) is 3.47. The zero-order chi connectivity index (χ0) is 18.2. The van der Waals surface area contributed by atoms with Crippen molar-refractivity contribution in [2.45, 2.75) is 26.5 Å². The minimum Gasteiger partial charge on any atom is -0.459 e. The molecule has 6 heteroatoms.